The van der Waals surface area contributed by atoms with Crippen LogP contribution < -0.4 is 9.47 Å². The van der Waals surface area contributed by atoms with Crippen molar-refractivity contribution in [3.8, 4) is 22.6 Å². The van der Waals surface area contributed by atoms with Crippen LogP contribution in [0.4, 0.5) is 13.2 Å². The Balaban J connectivity index is 1.28. The highest BCUT2D eigenvalue weighted by Crippen LogP contribution is 2.42. The summed E-state index contributed by atoms with van der Waals surface area (Å²) in [5, 5.41) is 0. The van der Waals surface area contributed by atoms with Crippen LogP contribution in [-0.4, -0.2) is 13.2 Å². The molecule has 0 N–H and O–H groups in total. The number of hydrogen-bond acceptors (Lipinski definition) is 2. The summed E-state index contributed by atoms with van der Waals surface area (Å²) in [6.07, 6.45) is 14.6. The molecular weight excluding hydrogens is 473 g/mol. The van der Waals surface area contributed by atoms with Gasteiger partial charge in [0.1, 0.15) is 0 Å². The number of ether oxygens (including phenoxy) is 2. The van der Waals surface area contributed by atoms with Gasteiger partial charge in [0.15, 0.2) is 23.1 Å². The van der Waals surface area contributed by atoms with Gasteiger partial charge in [0.05, 0.1) is 13.2 Å². The van der Waals surface area contributed by atoms with E-state index >= 15 is 0 Å². The van der Waals surface area contributed by atoms with Gasteiger partial charge in [-0.2, -0.15) is 4.39 Å². The second kappa shape index (κ2) is 13.6. The van der Waals surface area contributed by atoms with Gasteiger partial charge in [-0.05, 0) is 98.4 Å². The molecule has 2 fully saturated rings. The van der Waals surface area contributed by atoms with Crippen LogP contribution in [0.15, 0.2) is 30.3 Å². The normalized spacial score (nSPS) is 24.1. The van der Waals surface area contributed by atoms with Crippen molar-refractivity contribution < 1.29 is 22.6 Å². The molecule has 2 saturated carbocycles. The maximum atomic E-state index is 14.9. The van der Waals surface area contributed by atoms with Crippen molar-refractivity contribution in [1.29, 1.82) is 0 Å². The van der Waals surface area contributed by atoms with Crippen molar-refractivity contribution in [2.75, 3.05) is 13.2 Å². The third-order valence-electron chi connectivity index (χ3n) is 8.67. The van der Waals surface area contributed by atoms with Crippen LogP contribution >= 0.6 is 0 Å². The summed E-state index contributed by atoms with van der Waals surface area (Å²) in [6, 6.07) is 7.13. The first-order valence-electron chi connectivity index (χ1n) is 14.5. The Morgan fingerprint density at radius 3 is 1.97 bits per heavy atom. The van der Waals surface area contributed by atoms with E-state index in [0.717, 1.165) is 43.4 Å². The molecule has 2 aliphatic rings. The molecule has 0 amide bonds. The van der Waals surface area contributed by atoms with E-state index < -0.39 is 17.5 Å². The van der Waals surface area contributed by atoms with Crippen LogP contribution in [0.25, 0.3) is 11.1 Å². The molecule has 4 rings (SSSR count). The van der Waals surface area contributed by atoms with Crippen molar-refractivity contribution in [2.24, 2.45) is 23.7 Å². The second-order valence-electron chi connectivity index (χ2n) is 11.2. The summed E-state index contributed by atoms with van der Waals surface area (Å²) in [6.45, 7) is 5.14. The molecule has 0 unspecified atom stereocenters. The average Bonchev–Trinajstić information content (AvgIpc) is 2.91. The molecule has 5 heteroatoms. The summed E-state index contributed by atoms with van der Waals surface area (Å²) in [7, 11) is 0. The van der Waals surface area contributed by atoms with Gasteiger partial charge < -0.3 is 9.47 Å². The maximum Gasteiger partial charge on any atom is 0.201 e. The van der Waals surface area contributed by atoms with Crippen LogP contribution in [0, 0.1) is 41.1 Å². The summed E-state index contributed by atoms with van der Waals surface area (Å²) in [4.78, 5) is 0. The first-order chi connectivity index (χ1) is 18.0. The van der Waals surface area contributed by atoms with Gasteiger partial charge >= 0.3 is 0 Å². The summed E-state index contributed by atoms with van der Waals surface area (Å²) in [5.41, 5.74) is 0.281. The summed E-state index contributed by atoms with van der Waals surface area (Å²) >= 11 is 0. The third kappa shape index (κ3) is 7.23. The Labute approximate surface area is 220 Å². The highest BCUT2D eigenvalue weighted by molar-refractivity contribution is 5.66. The quantitative estimate of drug-likeness (QED) is 0.277. The minimum atomic E-state index is -1.02. The first-order valence-corrected chi connectivity index (χ1v) is 14.5. The van der Waals surface area contributed by atoms with Gasteiger partial charge in [0.2, 0.25) is 5.82 Å². The standard InChI is InChI=1S/C32H43F3O2/c1-3-5-19-36-29-17-15-26(20-28(29)33)27-16-18-30(32(35)31(27)34)37-21-23-9-13-25(14-10-23)24-11-7-22(6-4-2)8-12-24/h15-18,20,22-25H,3-14,19,21H2,1-2H3/t22-,23-,24-,25-. The molecule has 0 atom stereocenters. The number of halogens is 3. The first kappa shape index (κ1) is 27.9. The van der Waals surface area contributed by atoms with Crippen LogP contribution in [0.1, 0.15) is 90.9 Å². The molecule has 204 valence electrons. The minimum Gasteiger partial charge on any atom is -0.491 e. The fourth-order valence-corrected chi connectivity index (χ4v) is 6.37. The maximum absolute atomic E-state index is 14.9. The number of benzene rings is 2. The van der Waals surface area contributed by atoms with E-state index in [9.17, 15) is 13.2 Å². The third-order valence-corrected chi connectivity index (χ3v) is 8.67. The van der Waals surface area contributed by atoms with Gasteiger partial charge in [-0.1, -0.05) is 52.0 Å². The Morgan fingerprint density at radius 1 is 0.703 bits per heavy atom. The molecule has 0 aromatic heterocycles. The average molecular weight is 517 g/mol. The van der Waals surface area contributed by atoms with E-state index in [2.05, 4.69) is 6.92 Å². The predicted molar refractivity (Wildman–Crippen MR) is 143 cm³/mol. The lowest BCUT2D eigenvalue weighted by atomic mass is 9.69. The topological polar surface area (TPSA) is 18.5 Å². The smallest absolute Gasteiger partial charge is 0.201 e. The Bertz CT molecular complexity index is 992. The highest BCUT2D eigenvalue weighted by atomic mass is 19.2. The van der Waals surface area contributed by atoms with Gasteiger partial charge in [-0.25, -0.2) is 8.78 Å². The molecule has 0 radical (unpaired) electrons. The van der Waals surface area contributed by atoms with E-state index in [1.165, 1.54) is 75.6 Å². The lowest BCUT2D eigenvalue weighted by Gasteiger charge is -2.37. The van der Waals surface area contributed by atoms with E-state index in [0.29, 0.717) is 19.1 Å². The van der Waals surface area contributed by atoms with Crippen LogP contribution in [0.3, 0.4) is 0 Å². The molecular formula is C32H43F3O2. The Kier molecular flexibility index (Phi) is 10.2. The van der Waals surface area contributed by atoms with Crippen molar-refractivity contribution >= 4 is 0 Å². The molecule has 2 aromatic carbocycles. The molecule has 37 heavy (non-hydrogen) atoms. The molecule has 0 aliphatic heterocycles. The second-order valence-corrected chi connectivity index (χ2v) is 11.2. The van der Waals surface area contributed by atoms with Gasteiger partial charge in [0, 0.05) is 5.56 Å². The minimum absolute atomic E-state index is 0.0121. The van der Waals surface area contributed by atoms with Crippen molar-refractivity contribution in [2.45, 2.75) is 90.9 Å². The largest absolute Gasteiger partial charge is 0.491 e. The Hall–Kier alpha value is -2.17. The van der Waals surface area contributed by atoms with Gasteiger partial charge in [-0.3, -0.25) is 0 Å². The zero-order valence-corrected chi connectivity index (χ0v) is 22.5. The zero-order valence-electron chi connectivity index (χ0n) is 22.5. The van der Waals surface area contributed by atoms with Crippen LogP contribution in [-0.2, 0) is 0 Å². The van der Waals surface area contributed by atoms with Gasteiger partial charge in [-0.15, -0.1) is 0 Å². The lowest BCUT2D eigenvalue weighted by Crippen LogP contribution is -2.27. The molecule has 2 aromatic rings. The summed E-state index contributed by atoms with van der Waals surface area (Å²) in [5.74, 6) is 0.442. The van der Waals surface area contributed by atoms with Crippen molar-refractivity contribution in [3.05, 3.63) is 47.8 Å². The highest BCUT2D eigenvalue weighted by Gasteiger charge is 2.31. The molecule has 0 bridgehead atoms. The molecule has 2 nitrogen and oxygen atoms in total. The molecule has 0 heterocycles. The summed E-state index contributed by atoms with van der Waals surface area (Å²) < 4.78 is 55.4. The monoisotopic (exact) mass is 516 g/mol. The SMILES string of the molecule is CCCCOc1ccc(-c2ccc(OC[C@H]3CC[C@H]([C@H]4CC[C@H](CCC)CC4)CC3)c(F)c2F)cc1F. The van der Waals surface area contributed by atoms with Crippen LogP contribution in [0.2, 0.25) is 0 Å². The van der Waals surface area contributed by atoms with E-state index in [4.69, 9.17) is 9.47 Å². The van der Waals surface area contributed by atoms with E-state index in [1.807, 2.05) is 6.92 Å². The van der Waals surface area contributed by atoms with E-state index in [-0.39, 0.29) is 22.6 Å². The molecule has 0 saturated heterocycles. The molecule has 0 spiro atoms. The van der Waals surface area contributed by atoms with Gasteiger partial charge in [0.25, 0.3) is 0 Å². The fourth-order valence-electron chi connectivity index (χ4n) is 6.37. The van der Waals surface area contributed by atoms with E-state index in [1.54, 1.807) is 6.07 Å². The lowest BCUT2D eigenvalue weighted by molar-refractivity contribution is 0.120. The van der Waals surface area contributed by atoms with Crippen molar-refractivity contribution in [1.82, 2.24) is 0 Å². The van der Waals surface area contributed by atoms with Crippen molar-refractivity contribution in [3.63, 3.8) is 0 Å². The fraction of sp³-hybridized carbons (Fsp3) is 0.625. The zero-order chi connectivity index (χ0) is 26.2. The predicted octanol–water partition coefficient (Wildman–Crippen LogP) is 9.74. The molecule has 2 aliphatic carbocycles. The van der Waals surface area contributed by atoms with Crippen LogP contribution in [0.5, 0.6) is 11.5 Å². The number of unbranched alkanes of at least 4 members (excludes halogenated alkanes) is 1. The number of hydrogen-bond donors (Lipinski definition) is 0. The number of rotatable bonds is 11. The Morgan fingerprint density at radius 2 is 1.35 bits per heavy atom.